The smallest absolute Gasteiger partial charge is 0.133 e. The van der Waals surface area contributed by atoms with E-state index in [0.717, 1.165) is 5.56 Å². The van der Waals surface area contributed by atoms with Crippen molar-refractivity contribution in [2.45, 2.75) is 26.4 Å². The van der Waals surface area contributed by atoms with Crippen LogP contribution in [0, 0.1) is 29.9 Å². The van der Waals surface area contributed by atoms with Crippen LogP contribution in [0.5, 0.6) is 5.75 Å². The van der Waals surface area contributed by atoms with Crippen LogP contribution in [0.2, 0.25) is 0 Å². The monoisotopic (exact) mass is 463 g/mol. The highest BCUT2D eigenvalue weighted by Gasteiger charge is 2.19. The Bertz CT molecular complexity index is 1210. The zero-order chi connectivity index (χ0) is 24.7. The number of aliphatic imine (C=N–C) groups is 2. The fourth-order valence-corrected chi connectivity index (χ4v) is 3.69. The summed E-state index contributed by atoms with van der Waals surface area (Å²) < 4.78 is 34.7. The van der Waals surface area contributed by atoms with Crippen molar-refractivity contribution in [1.29, 1.82) is 5.26 Å². The van der Waals surface area contributed by atoms with Gasteiger partial charge in [-0.3, -0.25) is 0 Å². The first-order valence-corrected chi connectivity index (χ1v) is 10.8. The number of nitrogens with zero attached hydrogens (tertiary/aromatic N) is 4. The molecule has 1 aliphatic heterocycles. The summed E-state index contributed by atoms with van der Waals surface area (Å²) >= 11 is 0. The zero-order valence-electron chi connectivity index (χ0n) is 19.5. The molecule has 2 aromatic rings. The highest BCUT2D eigenvalue weighted by Crippen LogP contribution is 2.30. The number of rotatable bonds is 9. The molecule has 0 unspecified atom stereocenters. The summed E-state index contributed by atoms with van der Waals surface area (Å²) in [5.41, 5.74) is 3.56. The number of nitrogens with one attached hydrogen (secondary N) is 1. The van der Waals surface area contributed by atoms with Crippen LogP contribution in [0.3, 0.4) is 0 Å². The van der Waals surface area contributed by atoms with E-state index in [2.05, 4.69) is 21.9 Å². The Kier molecular flexibility index (Phi) is 8.28. The van der Waals surface area contributed by atoms with Crippen LogP contribution >= 0.6 is 0 Å². The fraction of sp³-hybridized carbons (Fsp3) is 0.269. The average Bonchev–Trinajstić information content (AvgIpc) is 3.29. The molecule has 0 saturated heterocycles. The molecular weight excluding hydrogens is 436 g/mol. The van der Waals surface area contributed by atoms with Crippen LogP contribution < -0.4 is 10.1 Å². The van der Waals surface area contributed by atoms with E-state index >= 15 is 0 Å². The lowest BCUT2D eigenvalue weighted by Crippen LogP contribution is -2.13. The molecule has 6 nitrogen and oxygen atoms in total. The lowest BCUT2D eigenvalue weighted by molar-refractivity contribution is 0.356. The number of ether oxygens (including phenoxy) is 1. The summed E-state index contributed by atoms with van der Waals surface area (Å²) in [7, 11) is 3.75. The third kappa shape index (κ3) is 5.94. The van der Waals surface area contributed by atoms with Gasteiger partial charge >= 0.3 is 0 Å². The van der Waals surface area contributed by atoms with Crippen LogP contribution in [0.15, 0.2) is 52.7 Å². The first-order chi connectivity index (χ1) is 16.3. The summed E-state index contributed by atoms with van der Waals surface area (Å²) in [4.78, 5) is 10.2. The minimum absolute atomic E-state index is 0.0194. The second-order valence-corrected chi connectivity index (χ2v) is 8.11. The molecule has 0 spiro atoms. The van der Waals surface area contributed by atoms with Gasteiger partial charge in [-0.2, -0.15) is 5.26 Å². The van der Waals surface area contributed by atoms with Crippen molar-refractivity contribution >= 4 is 18.1 Å². The Hall–Kier alpha value is -3.83. The molecule has 8 heteroatoms. The molecule has 1 heterocycles. The Morgan fingerprint density at radius 1 is 1.29 bits per heavy atom. The molecule has 2 aromatic carbocycles. The largest absolute Gasteiger partial charge is 0.493 e. The maximum Gasteiger partial charge on any atom is 0.133 e. The maximum atomic E-state index is 15.0. The SMILES string of the molecule is C=C(C#N)/N=C/C(=C\N=C\NCc1c(F)ccc2c1CCO2)c1ccc(CN(C)C)c(F)c1C. The lowest BCUT2D eigenvalue weighted by Gasteiger charge is -2.14. The molecule has 0 saturated carbocycles. The molecule has 0 amide bonds. The van der Waals surface area contributed by atoms with Gasteiger partial charge < -0.3 is 15.0 Å². The molecule has 176 valence electrons. The summed E-state index contributed by atoms with van der Waals surface area (Å²) in [6.45, 7) is 6.49. The minimum atomic E-state index is -0.303. The van der Waals surface area contributed by atoms with E-state index in [1.807, 2.05) is 25.1 Å². The molecule has 0 aromatic heterocycles. The summed E-state index contributed by atoms with van der Waals surface area (Å²) in [6, 6.07) is 8.42. The van der Waals surface area contributed by atoms with Crippen LogP contribution in [0.1, 0.15) is 27.8 Å². The predicted molar refractivity (Wildman–Crippen MR) is 131 cm³/mol. The van der Waals surface area contributed by atoms with Gasteiger partial charge in [-0.15, -0.1) is 0 Å². The second-order valence-electron chi connectivity index (χ2n) is 8.11. The summed E-state index contributed by atoms with van der Waals surface area (Å²) in [5.74, 6) is 0.108. The number of hydrogen-bond acceptors (Lipinski definition) is 5. The average molecular weight is 464 g/mol. The van der Waals surface area contributed by atoms with Crippen LogP contribution in [-0.2, 0) is 19.5 Å². The van der Waals surface area contributed by atoms with Crippen LogP contribution in [0.25, 0.3) is 5.57 Å². The van der Waals surface area contributed by atoms with Crippen LogP contribution in [0.4, 0.5) is 8.78 Å². The maximum absolute atomic E-state index is 15.0. The van der Waals surface area contributed by atoms with Crippen molar-refractivity contribution in [3.8, 4) is 11.8 Å². The van der Waals surface area contributed by atoms with Crippen molar-refractivity contribution in [1.82, 2.24) is 10.2 Å². The van der Waals surface area contributed by atoms with Gasteiger partial charge in [0.1, 0.15) is 29.2 Å². The summed E-state index contributed by atoms with van der Waals surface area (Å²) in [5, 5.41) is 11.9. The van der Waals surface area contributed by atoms with Gasteiger partial charge in [-0.1, -0.05) is 18.7 Å². The first kappa shape index (κ1) is 24.8. The van der Waals surface area contributed by atoms with Gasteiger partial charge in [0, 0.05) is 54.2 Å². The van der Waals surface area contributed by atoms with Gasteiger partial charge in [0.05, 0.1) is 12.9 Å². The number of benzene rings is 2. The third-order valence-electron chi connectivity index (χ3n) is 5.35. The number of hydrogen-bond donors (Lipinski definition) is 1. The Balaban J connectivity index is 1.82. The van der Waals surface area contributed by atoms with Crippen molar-refractivity contribution in [3.63, 3.8) is 0 Å². The van der Waals surface area contributed by atoms with E-state index in [4.69, 9.17) is 10.00 Å². The molecule has 34 heavy (non-hydrogen) atoms. The number of allylic oxidation sites excluding steroid dienone is 2. The summed E-state index contributed by atoms with van der Waals surface area (Å²) in [6.07, 6.45) is 5.04. The molecular formula is C26H27F2N5O. The van der Waals surface area contributed by atoms with E-state index < -0.39 is 0 Å². The van der Waals surface area contributed by atoms with Gasteiger partial charge in [-0.05, 0) is 44.3 Å². The van der Waals surface area contributed by atoms with Crippen LogP contribution in [-0.4, -0.2) is 38.2 Å². The number of fused-ring (bicyclic) bond motifs is 1. The second kappa shape index (κ2) is 11.3. The topological polar surface area (TPSA) is 73.0 Å². The highest BCUT2D eigenvalue weighted by molar-refractivity contribution is 6.10. The van der Waals surface area contributed by atoms with E-state index in [0.29, 0.717) is 53.1 Å². The normalized spacial score (nSPS) is 13.4. The molecule has 0 atom stereocenters. The Labute approximate surface area is 198 Å². The Morgan fingerprint density at radius 3 is 2.82 bits per heavy atom. The van der Waals surface area contributed by atoms with E-state index in [-0.39, 0.29) is 23.9 Å². The van der Waals surface area contributed by atoms with E-state index in [1.54, 1.807) is 25.1 Å². The quantitative estimate of drug-likeness (QED) is 0.337. The molecule has 0 bridgehead atoms. The Morgan fingerprint density at radius 2 is 2.09 bits per heavy atom. The van der Waals surface area contributed by atoms with E-state index in [1.165, 1.54) is 24.8 Å². The fourth-order valence-electron chi connectivity index (χ4n) is 3.69. The highest BCUT2D eigenvalue weighted by atomic mass is 19.1. The van der Waals surface area contributed by atoms with Gasteiger partial charge in [0.25, 0.3) is 0 Å². The predicted octanol–water partition coefficient (Wildman–Crippen LogP) is 4.54. The van der Waals surface area contributed by atoms with Crippen molar-refractivity contribution < 1.29 is 13.5 Å². The third-order valence-corrected chi connectivity index (χ3v) is 5.35. The van der Waals surface area contributed by atoms with Crippen molar-refractivity contribution in [2.75, 3.05) is 20.7 Å². The molecule has 1 N–H and O–H groups in total. The molecule has 3 rings (SSSR count). The molecule has 0 fully saturated rings. The van der Waals surface area contributed by atoms with Gasteiger partial charge in [-0.25, -0.2) is 18.8 Å². The first-order valence-electron chi connectivity index (χ1n) is 10.8. The number of halogens is 2. The standard InChI is InChI=1S/C26H27F2N5O/c1-17(11-29)32-13-20(21-6-5-19(15-33(3)4)26(28)18(21)2)12-30-16-31-14-23-22-9-10-34-25(22)8-7-24(23)27/h5-8,12-13,16H,1,9-10,14-15H2,2-4H3,(H,30,31)/b20-12+,32-13+. The van der Waals surface area contributed by atoms with Crippen molar-refractivity contribution in [3.05, 3.63) is 82.2 Å². The molecule has 0 aliphatic carbocycles. The van der Waals surface area contributed by atoms with Gasteiger partial charge in [0.15, 0.2) is 0 Å². The van der Waals surface area contributed by atoms with E-state index in [9.17, 15) is 8.78 Å². The molecule has 0 radical (unpaired) electrons. The minimum Gasteiger partial charge on any atom is -0.493 e. The lowest BCUT2D eigenvalue weighted by atomic mass is 9.98. The van der Waals surface area contributed by atoms with Crippen molar-refractivity contribution in [2.24, 2.45) is 9.98 Å². The zero-order valence-corrected chi connectivity index (χ0v) is 19.5. The molecule has 1 aliphatic rings. The number of nitriles is 1. The van der Waals surface area contributed by atoms with Gasteiger partial charge in [0.2, 0.25) is 0 Å².